The third-order valence-corrected chi connectivity index (χ3v) is 2.19. The molecule has 4 nitrogen and oxygen atoms in total. The number of hydrogen-bond acceptors (Lipinski definition) is 2. The van der Waals surface area contributed by atoms with E-state index in [2.05, 4.69) is 15.5 Å². The molecule has 0 fully saturated rings. The van der Waals surface area contributed by atoms with Crippen LogP contribution in [0.2, 0.25) is 0 Å². The monoisotopic (exact) mass is 237 g/mol. The highest BCUT2D eigenvalue weighted by Gasteiger charge is 2.11. The van der Waals surface area contributed by atoms with Crippen LogP contribution in [-0.2, 0) is 0 Å². The van der Waals surface area contributed by atoms with Crippen LogP contribution >= 0.6 is 0 Å². The zero-order chi connectivity index (χ0) is 12.4. The molecule has 2 aromatic rings. The molecule has 0 spiro atoms. The number of rotatable bonds is 2. The van der Waals surface area contributed by atoms with E-state index >= 15 is 0 Å². The highest BCUT2D eigenvalue weighted by molar-refractivity contribution is 6.04. The third-order valence-electron chi connectivity index (χ3n) is 2.19. The van der Waals surface area contributed by atoms with E-state index in [4.69, 9.17) is 0 Å². The topological polar surface area (TPSA) is 57.8 Å². The Bertz CT molecular complexity index is 545. The van der Waals surface area contributed by atoms with Gasteiger partial charge in [-0.15, -0.1) is 0 Å². The summed E-state index contributed by atoms with van der Waals surface area (Å²) in [5.74, 6) is -1.79. The van der Waals surface area contributed by atoms with Crippen molar-refractivity contribution >= 4 is 11.7 Å². The Labute approximate surface area is 95.7 Å². The highest BCUT2D eigenvalue weighted by atomic mass is 19.1. The van der Waals surface area contributed by atoms with Gasteiger partial charge in [-0.2, -0.15) is 5.10 Å². The number of aryl methyl sites for hydroxylation is 1. The lowest BCUT2D eigenvalue weighted by Gasteiger charge is -2.04. The van der Waals surface area contributed by atoms with E-state index in [9.17, 15) is 13.6 Å². The zero-order valence-electron chi connectivity index (χ0n) is 8.92. The number of nitrogens with one attached hydrogen (secondary N) is 2. The Kier molecular flexibility index (Phi) is 2.86. The molecule has 2 N–H and O–H groups in total. The van der Waals surface area contributed by atoms with E-state index in [0.29, 0.717) is 11.9 Å². The number of halogens is 2. The van der Waals surface area contributed by atoms with Crippen molar-refractivity contribution in [2.24, 2.45) is 0 Å². The van der Waals surface area contributed by atoms with Crippen LogP contribution in [0.3, 0.4) is 0 Å². The largest absolute Gasteiger partial charge is 0.307 e. The number of carbonyl (C=O) groups is 1. The van der Waals surface area contributed by atoms with Crippen molar-refractivity contribution in [3.8, 4) is 0 Å². The second kappa shape index (κ2) is 4.32. The summed E-state index contributed by atoms with van der Waals surface area (Å²) in [6.45, 7) is 1.74. The van der Waals surface area contributed by atoms with E-state index < -0.39 is 17.5 Å². The van der Waals surface area contributed by atoms with Gasteiger partial charge < -0.3 is 5.32 Å². The maximum Gasteiger partial charge on any atom is 0.257 e. The summed E-state index contributed by atoms with van der Waals surface area (Å²) in [7, 11) is 0. The second-order valence-corrected chi connectivity index (χ2v) is 3.54. The van der Waals surface area contributed by atoms with E-state index in [1.165, 1.54) is 6.20 Å². The van der Waals surface area contributed by atoms with Crippen LogP contribution in [0, 0.1) is 18.6 Å². The summed E-state index contributed by atoms with van der Waals surface area (Å²) in [6.07, 6.45) is 1.53. The van der Waals surface area contributed by atoms with Crippen molar-refractivity contribution in [1.29, 1.82) is 0 Å². The summed E-state index contributed by atoms with van der Waals surface area (Å²) in [4.78, 5) is 11.7. The first kappa shape index (κ1) is 11.3. The summed E-state index contributed by atoms with van der Waals surface area (Å²) < 4.78 is 25.8. The van der Waals surface area contributed by atoms with Gasteiger partial charge in [0, 0.05) is 17.2 Å². The number of hydrogen-bond donors (Lipinski definition) is 2. The van der Waals surface area contributed by atoms with Crippen molar-refractivity contribution in [1.82, 2.24) is 10.2 Å². The minimum atomic E-state index is -0.795. The third kappa shape index (κ3) is 2.47. The predicted octanol–water partition coefficient (Wildman–Crippen LogP) is 2.25. The molecular weight excluding hydrogens is 228 g/mol. The van der Waals surface area contributed by atoms with Gasteiger partial charge in [-0.25, -0.2) is 8.78 Å². The zero-order valence-corrected chi connectivity index (χ0v) is 8.92. The molecule has 0 atom stereocenters. The number of benzene rings is 1. The van der Waals surface area contributed by atoms with Crippen molar-refractivity contribution in [3.63, 3.8) is 0 Å². The molecular formula is C11H9F2N3O. The molecule has 0 bridgehead atoms. The average Bonchev–Trinajstić information content (AvgIpc) is 2.63. The van der Waals surface area contributed by atoms with Gasteiger partial charge in [0.1, 0.15) is 17.5 Å². The maximum absolute atomic E-state index is 12.9. The van der Waals surface area contributed by atoms with Gasteiger partial charge in [-0.1, -0.05) is 0 Å². The molecule has 2 rings (SSSR count). The van der Waals surface area contributed by atoms with E-state index in [1.54, 1.807) is 6.92 Å². The van der Waals surface area contributed by atoms with Crippen molar-refractivity contribution in [3.05, 3.63) is 47.2 Å². The molecule has 0 saturated carbocycles. The van der Waals surface area contributed by atoms with Gasteiger partial charge >= 0.3 is 0 Å². The van der Waals surface area contributed by atoms with Gasteiger partial charge in [0.2, 0.25) is 0 Å². The van der Waals surface area contributed by atoms with Gasteiger partial charge in [0.15, 0.2) is 0 Å². The average molecular weight is 237 g/mol. The molecule has 1 heterocycles. The summed E-state index contributed by atoms with van der Waals surface area (Å²) in [5, 5.41) is 8.75. The van der Waals surface area contributed by atoms with Gasteiger partial charge in [-0.05, 0) is 19.1 Å². The molecule has 17 heavy (non-hydrogen) atoms. The fraction of sp³-hybridized carbons (Fsp3) is 0.0909. The first-order chi connectivity index (χ1) is 8.06. The molecule has 0 aliphatic rings. The van der Waals surface area contributed by atoms with Crippen molar-refractivity contribution < 1.29 is 13.6 Å². The second-order valence-electron chi connectivity index (χ2n) is 3.54. The van der Waals surface area contributed by atoms with Crippen LogP contribution in [0.1, 0.15) is 15.9 Å². The van der Waals surface area contributed by atoms with Gasteiger partial charge in [0.25, 0.3) is 5.91 Å². The predicted molar refractivity (Wildman–Crippen MR) is 57.6 cm³/mol. The quantitative estimate of drug-likeness (QED) is 0.841. The molecule has 1 amide bonds. The van der Waals surface area contributed by atoms with Crippen LogP contribution in [0.25, 0.3) is 0 Å². The highest BCUT2D eigenvalue weighted by Crippen LogP contribution is 2.12. The number of anilines is 1. The minimum absolute atomic E-state index is 0.0866. The van der Waals surface area contributed by atoms with Crippen LogP contribution < -0.4 is 5.32 Å². The van der Waals surface area contributed by atoms with E-state index in [-0.39, 0.29) is 5.56 Å². The molecule has 0 aliphatic heterocycles. The number of aromatic nitrogens is 2. The van der Waals surface area contributed by atoms with E-state index in [0.717, 1.165) is 17.7 Å². The van der Waals surface area contributed by atoms with Crippen LogP contribution in [0.5, 0.6) is 0 Å². The molecule has 0 radical (unpaired) electrons. The van der Waals surface area contributed by atoms with Crippen molar-refractivity contribution in [2.75, 3.05) is 5.32 Å². The van der Waals surface area contributed by atoms with Gasteiger partial charge in [-0.3, -0.25) is 9.89 Å². The Morgan fingerprint density at radius 1 is 1.29 bits per heavy atom. The summed E-state index contributed by atoms with van der Waals surface area (Å²) in [5.41, 5.74) is 0.645. The van der Waals surface area contributed by atoms with Crippen molar-refractivity contribution in [2.45, 2.75) is 6.92 Å². The maximum atomic E-state index is 12.9. The number of carbonyl (C=O) groups excluding carboxylic acids is 1. The normalized spacial score (nSPS) is 10.3. The Balaban J connectivity index is 2.23. The lowest BCUT2D eigenvalue weighted by Crippen LogP contribution is -2.13. The SMILES string of the molecule is Cc1cn[nH]c1NC(=O)c1cc(F)cc(F)c1. The molecule has 0 saturated heterocycles. The van der Waals surface area contributed by atoms with Crippen LogP contribution in [0.15, 0.2) is 24.4 Å². The van der Waals surface area contributed by atoms with Gasteiger partial charge in [0.05, 0.1) is 6.20 Å². The molecule has 88 valence electrons. The molecule has 0 unspecified atom stereocenters. The minimum Gasteiger partial charge on any atom is -0.307 e. The first-order valence-electron chi connectivity index (χ1n) is 4.83. The molecule has 1 aromatic carbocycles. The lowest BCUT2D eigenvalue weighted by molar-refractivity contribution is 0.102. The molecule has 1 aromatic heterocycles. The Morgan fingerprint density at radius 2 is 1.94 bits per heavy atom. The summed E-state index contributed by atoms with van der Waals surface area (Å²) >= 11 is 0. The fourth-order valence-corrected chi connectivity index (χ4v) is 1.34. The van der Waals surface area contributed by atoms with E-state index in [1.807, 2.05) is 0 Å². The number of H-pyrrole nitrogens is 1. The number of aromatic amines is 1. The lowest BCUT2D eigenvalue weighted by atomic mass is 10.2. The molecule has 6 heteroatoms. The standard InChI is InChI=1S/C11H9F2N3O/c1-6-5-14-16-10(6)15-11(17)7-2-8(12)4-9(13)3-7/h2-5H,1H3,(H2,14,15,16,17). The Hall–Kier alpha value is -2.24. The Morgan fingerprint density at radius 3 is 2.47 bits per heavy atom. The smallest absolute Gasteiger partial charge is 0.257 e. The first-order valence-corrected chi connectivity index (χ1v) is 4.83. The number of amides is 1. The van der Waals surface area contributed by atoms with Crippen LogP contribution in [0.4, 0.5) is 14.6 Å². The van der Waals surface area contributed by atoms with Crippen LogP contribution in [-0.4, -0.2) is 16.1 Å². The molecule has 0 aliphatic carbocycles. The fourth-order valence-electron chi connectivity index (χ4n) is 1.34. The number of nitrogens with zero attached hydrogens (tertiary/aromatic N) is 1. The summed E-state index contributed by atoms with van der Waals surface area (Å²) in [6, 6.07) is 2.63.